The van der Waals surface area contributed by atoms with Crippen LogP contribution in [0.3, 0.4) is 0 Å². The van der Waals surface area contributed by atoms with E-state index >= 15 is 0 Å². The van der Waals surface area contributed by atoms with Crippen LogP contribution in [0, 0.1) is 0 Å². The summed E-state index contributed by atoms with van der Waals surface area (Å²) in [6, 6.07) is 6.16. The highest BCUT2D eigenvalue weighted by Gasteiger charge is 2.12. The molecule has 0 spiro atoms. The van der Waals surface area contributed by atoms with Crippen LogP contribution in [0.4, 0.5) is 0 Å². The average Bonchev–Trinajstić information content (AvgIpc) is 3.09. The van der Waals surface area contributed by atoms with Gasteiger partial charge in [0.15, 0.2) is 16.7 Å². The third-order valence-electron chi connectivity index (χ3n) is 3.77. The Labute approximate surface area is 151 Å². The van der Waals surface area contributed by atoms with Gasteiger partial charge in [0.25, 0.3) is 0 Å². The minimum absolute atomic E-state index is 0.0131. The minimum Gasteiger partial charge on any atom is -0.486 e. The van der Waals surface area contributed by atoms with Gasteiger partial charge in [-0.05, 0) is 38.0 Å². The van der Waals surface area contributed by atoms with Gasteiger partial charge in [0.1, 0.15) is 19.5 Å². The highest BCUT2D eigenvalue weighted by Crippen LogP contribution is 2.30. The molecule has 0 unspecified atom stereocenters. The number of ether oxygens (including phenoxy) is 2. The lowest BCUT2D eigenvalue weighted by Crippen LogP contribution is -2.27. The van der Waals surface area contributed by atoms with E-state index in [9.17, 15) is 4.79 Å². The number of amides is 1. The van der Waals surface area contributed by atoms with E-state index < -0.39 is 0 Å². The molecule has 1 aromatic carbocycles. The lowest BCUT2D eigenvalue weighted by molar-refractivity contribution is -0.118. The van der Waals surface area contributed by atoms with Crippen molar-refractivity contribution in [3.63, 3.8) is 0 Å². The van der Waals surface area contributed by atoms with Gasteiger partial charge in [0.2, 0.25) is 5.91 Å². The number of fused-ring (bicyclic) bond motifs is 1. The molecule has 134 valence electrons. The van der Waals surface area contributed by atoms with Gasteiger partial charge in [-0.1, -0.05) is 17.8 Å². The maximum absolute atomic E-state index is 12.0. The first kappa shape index (κ1) is 17.6. The highest BCUT2D eigenvalue weighted by atomic mass is 32.2. The fraction of sp³-hybridized carbons (Fsp3) is 0.471. The molecule has 0 fully saturated rings. The lowest BCUT2D eigenvalue weighted by atomic mass is 10.1. The number of aromatic nitrogens is 3. The summed E-state index contributed by atoms with van der Waals surface area (Å²) < 4.78 is 13.0. The Bertz CT molecular complexity index is 732. The van der Waals surface area contributed by atoms with Crippen LogP contribution < -0.4 is 14.8 Å². The van der Waals surface area contributed by atoms with Crippen LogP contribution in [0.25, 0.3) is 0 Å². The van der Waals surface area contributed by atoms with Crippen molar-refractivity contribution in [1.29, 1.82) is 0 Å². The van der Waals surface area contributed by atoms with Crippen LogP contribution in [-0.2, 0) is 11.2 Å². The number of hydrogen-bond acceptors (Lipinski definition) is 6. The molecule has 25 heavy (non-hydrogen) atoms. The standard InChI is InChI=1S/C17H22N4O3S/c1-12(2)21-11-19-20-17(21)25-10-16(22)18-6-5-13-3-4-14-15(9-13)24-8-7-23-14/h3-4,9,11-12H,5-8,10H2,1-2H3,(H,18,22). The minimum atomic E-state index is -0.0131. The molecule has 2 aromatic rings. The van der Waals surface area contributed by atoms with Crippen LogP contribution in [0.15, 0.2) is 29.7 Å². The number of thioether (sulfide) groups is 1. The number of carbonyl (C=O) groups is 1. The quantitative estimate of drug-likeness (QED) is 0.760. The Morgan fingerprint density at radius 3 is 2.92 bits per heavy atom. The summed E-state index contributed by atoms with van der Waals surface area (Å²) in [5, 5.41) is 11.6. The molecule has 0 saturated heterocycles. The topological polar surface area (TPSA) is 78.3 Å². The summed E-state index contributed by atoms with van der Waals surface area (Å²) in [7, 11) is 0. The summed E-state index contributed by atoms with van der Waals surface area (Å²) in [6.45, 7) is 5.85. The van der Waals surface area contributed by atoms with E-state index in [2.05, 4.69) is 29.4 Å². The zero-order valence-corrected chi connectivity index (χ0v) is 15.2. The second-order valence-electron chi connectivity index (χ2n) is 5.98. The first-order chi connectivity index (χ1) is 12.1. The Balaban J connectivity index is 1.43. The Morgan fingerprint density at radius 2 is 2.12 bits per heavy atom. The summed E-state index contributed by atoms with van der Waals surface area (Å²) in [5.74, 6) is 1.87. The molecular formula is C17H22N4O3S. The number of carbonyl (C=O) groups excluding carboxylic acids is 1. The van der Waals surface area contributed by atoms with Crippen LogP contribution in [-0.4, -0.2) is 46.2 Å². The largest absolute Gasteiger partial charge is 0.486 e. The van der Waals surface area contributed by atoms with E-state index in [0.29, 0.717) is 25.5 Å². The molecule has 0 saturated carbocycles. The second kappa shape index (κ2) is 8.24. The summed E-state index contributed by atoms with van der Waals surface area (Å²) in [4.78, 5) is 12.0. The average molecular weight is 362 g/mol. The first-order valence-corrected chi connectivity index (χ1v) is 9.29. The molecule has 0 radical (unpaired) electrons. The van der Waals surface area contributed by atoms with Crippen molar-refractivity contribution in [3.8, 4) is 11.5 Å². The van der Waals surface area contributed by atoms with Gasteiger partial charge in [-0.15, -0.1) is 10.2 Å². The number of nitrogens with zero attached hydrogens (tertiary/aromatic N) is 3. The van der Waals surface area contributed by atoms with E-state index in [1.165, 1.54) is 11.8 Å². The van der Waals surface area contributed by atoms with E-state index in [1.807, 2.05) is 22.8 Å². The number of rotatable bonds is 7. The Hall–Kier alpha value is -2.22. The Kier molecular flexibility index (Phi) is 5.80. The zero-order chi connectivity index (χ0) is 17.6. The molecule has 1 N–H and O–H groups in total. The number of benzene rings is 1. The zero-order valence-electron chi connectivity index (χ0n) is 14.4. The van der Waals surface area contributed by atoms with Gasteiger partial charge >= 0.3 is 0 Å². The summed E-state index contributed by atoms with van der Waals surface area (Å²) in [6.07, 6.45) is 2.43. The molecular weight excluding hydrogens is 340 g/mol. The van der Waals surface area contributed by atoms with Gasteiger partial charge < -0.3 is 19.4 Å². The molecule has 0 aliphatic carbocycles. The molecule has 1 aromatic heterocycles. The van der Waals surface area contributed by atoms with Gasteiger partial charge in [-0.2, -0.15) is 0 Å². The van der Waals surface area contributed by atoms with Crippen molar-refractivity contribution < 1.29 is 14.3 Å². The van der Waals surface area contributed by atoms with Gasteiger partial charge in [-0.3, -0.25) is 4.79 Å². The van der Waals surface area contributed by atoms with Crippen LogP contribution >= 0.6 is 11.8 Å². The van der Waals surface area contributed by atoms with E-state index in [1.54, 1.807) is 6.33 Å². The van der Waals surface area contributed by atoms with Gasteiger partial charge in [-0.25, -0.2) is 0 Å². The molecule has 3 rings (SSSR count). The third kappa shape index (κ3) is 4.66. The van der Waals surface area contributed by atoms with E-state index in [4.69, 9.17) is 9.47 Å². The van der Waals surface area contributed by atoms with Crippen molar-refractivity contribution in [2.45, 2.75) is 31.5 Å². The molecule has 8 heteroatoms. The van der Waals surface area contributed by atoms with Crippen LogP contribution in [0.1, 0.15) is 25.5 Å². The monoisotopic (exact) mass is 362 g/mol. The predicted octanol–water partition coefficient (Wildman–Crippen LogP) is 2.08. The van der Waals surface area contributed by atoms with Crippen molar-refractivity contribution in [2.75, 3.05) is 25.5 Å². The summed E-state index contributed by atoms with van der Waals surface area (Å²) >= 11 is 1.40. The third-order valence-corrected chi connectivity index (χ3v) is 4.73. The lowest BCUT2D eigenvalue weighted by Gasteiger charge is -2.18. The fourth-order valence-corrected chi connectivity index (χ4v) is 3.33. The van der Waals surface area contributed by atoms with Crippen molar-refractivity contribution in [3.05, 3.63) is 30.1 Å². The predicted molar refractivity (Wildman–Crippen MR) is 95.3 cm³/mol. The SMILES string of the molecule is CC(C)n1cnnc1SCC(=O)NCCc1ccc2c(c1)OCCO2. The second-order valence-corrected chi connectivity index (χ2v) is 6.92. The van der Waals surface area contributed by atoms with Crippen molar-refractivity contribution >= 4 is 17.7 Å². The van der Waals surface area contributed by atoms with Gasteiger partial charge in [0, 0.05) is 12.6 Å². The van der Waals surface area contributed by atoms with Crippen LogP contribution in [0.5, 0.6) is 11.5 Å². The normalized spacial score (nSPS) is 13.1. The maximum Gasteiger partial charge on any atom is 0.230 e. The Morgan fingerprint density at radius 1 is 1.32 bits per heavy atom. The molecule has 7 nitrogen and oxygen atoms in total. The molecule has 0 bridgehead atoms. The fourth-order valence-electron chi connectivity index (χ4n) is 2.46. The molecule has 1 amide bonds. The number of nitrogens with one attached hydrogen (secondary N) is 1. The molecule has 1 aliphatic heterocycles. The highest BCUT2D eigenvalue weighted by molar-refractivity contribution is 7.99. The molecule has 1 aliphatic rings. The van der Waals surface area contributed by atoms with E-state index in [0.717, 1.165) is 28.6 Å². The van der Waals surface area contributed by atoms with Gasteiger partial charge in [0.05, 0.1) is 5.75 Å². The molecule has 0 atom stereocenters. The maximum atomic E-state index is 12.0. The van der Waals surface area contributed by atoms with E-state index in [-0.39, 0.29) is 11.9 Å². The van der Waals surface area contributed by atoms with Crippen molar-refractivity contribution in [2.24, 2.45) is 0 Å². The van der Waals surface area contributed by atoms with Crippen molar-refractivity contribution in [1.82, 2.24) is 20.1 Å². The first-order valence-electron chi connectivity index (χ1n) is 8.31. The van der Waals surface area contributed by atoms with Crippen LogP contribution in [0.2, 0.25) is 0 Å². The number of hydrogen-bond donors (Lipinski definition) is 1. The molecule has 2 heterocycles. The smallest absolute Gasteiger partial charge is 0.230 e. The summed E-state index contributed by atoms with van der Waals surface area (Å²) in [5.41, 5.74) is 1.11.